The molecule has 0 saturated carbocycles. The number of benzene rings is 1. The van der Waals surface area contributed by atoms with Crippen molar-refractivity contribution in [2.75, 3.05) is 11.9 Å². The lowest BCUT2D eigenvalue weighted by Gasteiger charge is -2.12. The van der Waals surface area contributed by atoms with Crippen molar-refractivity contribution in [3.8, 4) is 0 Å². The van der Waals surface area contributed by atoms with Crippen LogP contribution in [0.2, 0.25) is 0 Å². The molecule has 0 fully saturated rings. The third-order valence-electron chi connectivity index (χ3n) is 3.32. The second kappa shape index (κ2) is 5.95. The first-order valence-electron chi connectivity index (χ1n) is 7.18. The Bertz CT molecular complexity index is 740. The van der Waals surface area contributed by atoms with Crippen molar-refractivity contribution < 1.29 is 5.11 Å². The van der Waals surface area contributed by atoms with E-state index in [1.165, 1.54) is 21.6 Å². The zero-order chi connectivity index (χ0) is 15.7. The van der Waals surface area contributed by atoms with Crippen LogP contribution in [0.25, 0.3) is 10.1 Å². The Morgan fingerprint density at radius 3 is 2.73 bits per heavy atom. The summed E-state index contributed by atoms with van der Waals surface area (Å²) < 4.78 is 5.56. The lowest BCUT2D eigenvalue weighted by molar-refractivity contribution is 0.195. The number of anilines is 1. The van der Waals surface area contributed by atoms with Crippen LogP contribution >= 0.6 is 22.9 Å². The van der Waals surface area contributed by atoms with Gasteiger partial charge in [-0.05, 0) is 17.5 Å². The maximum atomic E-state index is 10.4. The number of aliphatic hydroxyl groups is 1. The van der Waals surface area contributed by atoms with Crippen molar-refractivity contribution in [2.24, 2.45) is 0 Å². The van der Waals surface area contributed by atoms with Crippen LogP contribution in [0.5, 0.6) is 0 Å². The van der Waals surface area contributed by atoms with Gasteiger partial charge in [-0.2, -0.15) is 4.37 Å². The van der Waals surface area contributed by atoms with Crippen LogP contribution in [-0.4, -0.2) is 21.0 Å². The van der Waals surface area contributed by atoms with E-state index in [1.807, 2.05) is 18.2 Å². The highest BCUT2D eigenvalue weighted by Crippen LogP contribution is 2.30. The molecule has 0 aliphatic rings. The fourth-order valence-electron chi connectivity index (χ4n) is 2.05. The molecule has 0 radical (unpaired) electrons. The van der Waals surface area contributed by atoms with Crippen LogP contribution in [0.1, 0.15) is 37.6 Å². The van der Waals surface area contributed by atoms with Gasteiger partial charge in [0.1, 0.15) is 11.9 Å². The highest BCUT2D eigenvalue weighted by Gasteiger charge is 2.20. The van der Waals surface area contributed by atoms with Gasteiger partial charge in [0.05, 0.1) is 0 Å². The van der Waals surface area contributed by atoms with Crippen LogP contribution in [-0.2, 0) is 5.41 Å². The number of nitrogens with zero attached hydrogens (tertiary/aromatic N) is 2. The van der Waals surface area contributed by atoms with E-state index in [-0.39, 0.29) is 5.41 Å². The van der Waals surface area contributed by atoms with Crippen LogP contribution in [0.3, 0.4) is 0 Å². The first-order valence-corrected chi connectivity index (χ1v) is 8.77. The molecule has 1 unspecified atom stereocenters. The Kier molecular flexibility index (Phi) is 4.16. The average Bonchev–Trinajstić information content (AvgIpc) is 3.10. The second-order valence-electron chi connectivity index (χ2n) is 6.26. The smallest absolute Gasteiger partial charge is 0.202 e. The molecule has 2 aromatic heterocycles. The molecule has 1 atom stereocenters. The molecule has 0 aliphatic carbocycles. The molecule has 2 N–H and O–H groups in total. The molecule has 2 heterocycles. The summed E-state index contributed by atoms with van der Waals surface area (Å²) in [5.41, 5.74) is -0.0550. The quantitative estimate of drug-likeness (QED) is 0.751. The van der Waals surface area contributed by atoms with Crippen molar-refractivity contribution in [3.05, 3.63) is 41.0 Å². The van der Waals surface area contributed by atoms with E-state index in [0.717, 1.165) is 15.8 Å². The fourth-order valence-corrected chi connectivity index (χ4v) is 3.86. The third-order valence-corrected chi connectivity index (χ3v) is 5.21. The van der Waals surface area contributed by atoms with E-state index >= 15 is 0 Å². The van der Waals surface area contributed by atoms with Crippen LogP contribution in [0.4, 0.5) is 5.13 Å². The number of aliphatic hydroxyl groups excluding tert-OH is 1. The molecular weight excluding hydrogens is 314 g/mol. The van der Waals surface area contributed by atoms with Crippen molar-refractivity contribution in [2.45, 2.75) is 32.3 Å². The highest BCUT2D eigenvalue weighted by molar-refractivity contribution is 7.19. The maximum absolute atomic E-state index is 10.4. The number of hydrogen-bond acceptors (Lipinski definition) is 6. The lowest BCUT2D eigenvalue weighted by Crippen LogP contribution is -2.14. The molecule has 0 amide bonds. The molecule has 4 nitrogen and oxygen atoms in total. The number of nitrogens with one attached hydrogen (secondary N) is 1. The number of hydrogen-bond donors (Lipinski definition) is 2. The normalized spacial score (nSPS) is 13.5. The Morgan fingerprint density at radius 2 is 2.05 bits per heavy atom. The van der Waals surface area contributed by atoms with E-state index < -0.39 is 6.10 Å². The van der Waals surface area contributed by atoms with Gasteiger partial charge >= 0.3 is 0 Å². The summed E-state index contributed by atoms with van der Waals surface area (Å²) in [7, 11) is 0. The minimum Gasteiger partial charge on any atom is -0.386 e. The molecule has 0 spiro atoms. The molecule has 0 bridgehead atoms. The van der Waals surface area contributed by atoms with Crippen molar-refractivity contribution >= 4 is 38.1 Å². The average molecular weight is 333 g/mol. The van der Waals surface area contributed by atoms with Gasteiger partial charge in [-0.15, -0.1) is 11.3 Å². The SMILES string of the molecule is CC(C)(C)c1nsc(NCC(O)c2cc3ccccc3s2)n1. The summed E-state index contributed by atoms with van der Waals surface area (Å²) in [6.45, 7) is 6.70. The predicted molar refractivity (Wildman–Crippen MR) is 93.9 cm³/mol. The van der Waals surface area contributed by atoms with Gasteiger partial charge in [-0.25, -0.2) is 4.98 Å². The first kappa shape index (κ1) is 15.4. The van der Waals surface area contributed by atoms with Crippen molar-refractivity contribution in [3.63, 3.8) is 0 Å². The molecule has 6 heteroatoms. The molecular formula is C16H19N3OS2. The topological polar surface area (TPSA) is 58.0 Å². The molecule has 3 aromatic rings. The van der Waals surface area contributed by atoms with E-state index in [1.54, 1.807) is 11.3 Å². The van der Waals surface area contributed by atoms with Crippen LogP contribution in [0, 0.1) is 0 Å². The molecule has 1 aromatic carbocycles. The van der Waals surface area contributed by atoms with Gasteiger partial charge in [0, 0.05) is 33.1 Å². The monoisotopic (exact) mass is 333 g/mol. The van der Waals surface area contributed by atoms with Gasteiger partial charge in [0.15, 0.2) is 0 Å². The van der Waals surface area contributed by atoms with E-state index in [2.05, 4.69) is 47.6 Å². The summed E-state index contributed by atoms with van der Waals surface area (Å²) >= 11 is 2.97. The van der Waals surface area contributed by atoms with Gasteiger partial charge in [-0.3, -0.25) is 0 Å². The zero-order valence-electron chi connectivity index (χ0n) is 12.8. The summed E-state index contributed by atoms with van der Waals surface area (Å²) in [4.78, 5) is 5.45. The molecule has 0 saturated heterocycles. The summed E-state index contributed by atoms with van der Waals surface area (Å²) in [5.74, 6) is 0.830. The number of thiophene rings is 1. The third kappa shape index (κ3) is 3.29. The minimum absolute atomic E-state index is 0.0550. The predicted octanol–water partition coefficient (Wildman–Crippen LogP) is 4.20. The maximum Gasteiger partial charge on any atom is 0.202 e. The highest BCUT2D eigenvalue weighted by atomic mass is 32.1. The lowest BCUT2D eigenvalue weighted by atomic mass is 9.96. The van der Waals surface area contributed by atoms with E-state index in [0.29, 0.717) is 6.54 Å². The second-order valence-corrected chi connectivity index (χ2v) is 8.12. The minimum atomic E-state index is -0.542. The van der Waals surface area contributed by atoms with Crippen molar-refractivity contribution in [1.29, 1.82) is 0 Å². The Hall–Kier alpha value is -1.50. The Balaban J connectivity index is 1.67. The number of aromatic nitrogens is 2. The van der Waals surface area contributed by atoms with E-state index in [9.17, 15) is 5.11 Å². The van der Waals surface area contributed by atoms with E-state index in [4.69, 9.17) is 0 Å². The van der Waals surface area contributed by atoms with Crippen molar-refractivity contribution in [1.82, 2.24) is 9.36 Å². The van der Waals surface area contributed by atoms with Gasteiger partial charge in [0.25, 0.3) is 0 Å². The number of rotatable bonds is 4. The summed E-state index contributed by atoms with van der Waals surface area (Å²) in [6, 6.07) is 10.2. The standard InChI is InChI=1S/C16H19N3OS2/c1-16(2,3)14-18-15(22-19-14)17-9-11(20)13-8-10-6-4-5-7-12(10)21-13/h4-8,11,20H,9H2,1-3H3,(H,17,18,19). The summed E-state index contributed by atoms with van der Waals surface area (Å²) in [6.07, 6.45) is -0.542. The molecule has 0 aliphatic heterocycles. The van der Waals surface area contributed by atoms with Crippen LogP contribution < -0.4 is 5.32 Å². The first-order chi connectivity index (χ1) is 10.4. The molecule has 3 rings (SSSR count). The Morgan fingerprint density at radius 1 is 1.27 bits per heavy atom. The molecule has 22 heavy (non-hydrogen) atoms. The van der Waals surface area contributed by atoms with Gasteiger partial charge in [-0.1, -0.05) is 39.0 Å². The zero-order valence-corrected chi connectivity index (χ0v) is 14.5. The number of fused-ring (bicyclic) bond motifs is 1. The summed E-state index contributed by atoms with van der Waals surface area (Å²) in [5, 5.41) is 15.5. The largest absolute Gasteiger partial charge is 0.386 e. The van der Waals surface area contributed by atoms with Crippen LogP contribution in [0.15, 0.2) is 30.3 Å². The fraction of sp³-hybridized carbons (Fsp3) is 0.375. The van der Waals surface area contributed by atoms with Gasteiger partial charge in [0.2, 0.25) is 5.13 Å². The molecule has 116 valence electrons. The van der Waals surface area contributed by atoms with Gasteiger partial charge < -0.3 is 10.4 Å². The Labute approximate surface area is 138 Å².